The lowest BCUT2D eigenvalue weighted by molar-refractivity contribution is -0.119. The average Bonchev–Trinajstić information content (AvgIpc) is 2.61. The van der Waals surface area contributed by atoms with Gasteiger partial charge in [0.15, 0.2) is 0 Å². The van der Waals surface area contributed by atoms with Crippen molar-refractivity contribution in [2.45, 2.75) is 12.8 Å². The quantitative estimate of drug-likeness (QED) is 0.891. The van der Waals surface area contributed by atoms with Crippen LogP contribution in [0.2, 0.25) is 0 Å². The maximum absolute atomic E-state index is 13.7. The molecule has 1 heterocycles. The van der Waals surface area contributed by atoms with Gasteiger partial charge >= 0.3 is 0 Å². The number of ether oxygens (including phenoxy) is 1. The Morgan fingerprint density at radius 2 is 1.92 bits per heavy atom. The third-order valence-electron chi connectivity index (χ3n) is 4.25. The maximum atomic E-state index is 13.7. The highest BCUT2D eigenvalue weighted by atomic mass is 19.1. The van der Waals surface area contributed by atoms with Gasteiger partial charge in [0, 0.05) is 31.5 Å². The summed E-state index contributed by atoms with van der Waals surface area (Å²) in [7, 11) is 1.57. The van der Waals surface area contributed by atoms with Crippen LogP contribution < -0.4 is 10.2 Å². The predicted octanol–water partition coefficient (Wildman–Crippen LogP) is 3.14. The number of anilines is 2. The molecule has 0 saturated heterocycles. The molecule has 136 valence electrons. The van der Waals surface area contributed by atoms with Crippen LogP contribution in [0.1, 0.15) is 22.3 Å². The number of benzene rings is 2. The fourth-order valence-corrected chi connectivity index (χ4v) is 2.97. The molecule has 1 aliphatic heterocycles. The summed E-state index contributed by atoms with van der Waals surface area (Å²) >= 11 is 0. The zero-order valence-corrected chi connectivity index (χ0v) is 14.2. The lowest BCUT2D eigenvalue weighted by Crippen LogP contribution is -2.37. The van der Waals surface area contributed by atoms with Crippen molar-refractivity contribution in [3.05, 3.63) is 59.2 Å². The van der Waals surface area contributed by atoms with E-state index in [1.54, 1.807) is 30.2 Å². The molecule has 7 heteroatoms. The molecule has 0 fully saturated rings. The number of carbonyl (C=O) groups excluding carboxylic acids is 2. The first-order chi connectivity index (χ1) is 12.5. The third kappa shape index (κ3) is 3.57. The van der Waals surface area contributed by atoms with Crippen LogP contribution >= 0.6 is 0 Å². The van der Waals surface area contributed by atoms with Crippen molar-refractivity contribution in [3.63, 3.8) is 0 Å². The summed E-state index contributed by atoms with van der Waals surface area (Å²) in [5, 5.41) is 2.51. The Balaban J connectivity index is 1.83. The van der Waals surface area contributed by atoms with Crippen LogP contribution in [0.4, 0.5) is 20.2 Å². The number of fused-ring (bicyclic) bond motifs is 1. The number of methoxy groups -OCH3 is 1. The van der Waals surface area contributed by atoms with E-state index >= 15 is 0 Å². The van der Waals surface area contributed by atoms with Crippen LogP contribution in [0, 0.1) is 11.6 Å². The van der Waals surface area contributed by atoms with Crippen LogP contribution in [0.25, 0.3) is 0 Å². The van der Waals surface area contributed by atoms with Gasteiger partial charge in [-0.1, -0.05) is 6.07 Å². The van der Waals surface area contributed by atoms with E-state index in [4.69, 9.17) is 4.74 Å². The van der Waals surface area contributed by atoms with E-state index < -0.39 is 23.1 Å². The standard InChI is InChI=1S/C19H18F2N2O3/c1-26-10-9-23-16-7-6-13(11-12(16)5-8-17(23)24)22-19(25)18-14(20)3-2-4-15(18)21/h2-4,6-7,11H,5,8-10H2,1H3,(H,22,25). The number of hydrogen-bond acceptors (Lipinski definition) is 3. The SMILES string of the molecule is COCCN1C(=O)CCc2cc(NC(=O)c3c(F)cccc3F)ccc21. The number of carbonyl (C=O) groups is 2. The highest BCUT2D eigenvalue weighted by molar-refractivity contribution is 6.05. The van der Waals surface area contributed by atoms with Gasteiger partial charge in [-0.3, -0.25) is 9.59 Å². The molecule has 0 aliphatic carbocycles. The number of amides is 2. The first-order valence-corrected chi connectivity index (χ1v) is 8.19. The van der Waals surface area contributed by atoms with Crippen molar-refractivity contribution < 1.29 is 23.1 Å². The van der Waals surface area contributed by atoms with Crippen LogP contribution in [0.3, 0.4) is 0 Å². The highest BCUT2D eigenvalue weighted by Gasteiger charge is 2.24. The molecular weight excluding hydrogens is 342 g/mol. The van der Waals surface area contributed by atoms with Gasteiger partial charge in [0.2, 0.25) is 5.91 Å². The molecule has 2 aromatic carbocycles. The van der Waals surface area contributed by atoms with E-state index in [9.17, 15) is 18.4 Å². The molecule has 0 saturated carbocycles. The Morgan fingerprint density at radius 3 is 2.62 bits per heavy atom. The molecule has 1 N–H and O–H groups in total. The van der Waals surface area contributed by atoms with Crippen molar-refractivity contribution in [2.24, 2.45) is 0 Å². The Labute approximate surface area is 149 Å². The van der Waals surface area contributed by atoms with Crippen LogP contribution in [0.5, 0.6) is 0 Å². The molecule has 0 bridgehead atoms. The predicted molar refractivity (Wildman–Crippen MR) is 93.3 cm³/mol. The number of nitrogens with one attached hydrogen (secondary N) is 1. The molecule has 2 aromatic rings. The summed E-state index contributed by atoms with van der Waals surface area (Å²) in [6, 6.07) is 8.31. The Kier molecular flexibility index (Phi) is 5.27. The van der Waals surface area contributed by atoms with Gasteiger partial charge in [-0.05, 0) is 42.3 Å². The van der Waals surface area contributed by atoms with Crippen LogP contribution in [-0.2, 0) is 16.0 Å². The fourth-order valence-electron chi connectivity index (χ4n) is 2.97. The van der Waals surface area contributed by atoms with E-state index in [0.717, 1.165) is 23.4 Å². The fraction of sp³-hybridized carbons (Fsp3) is 0.263. The van der Waals surface area contributed by atoms with Gasteiger partial charge in [0.05, 0.1) is 6.61 Å². The molecule has 0 spiro atoms. The zero-order chi connectivity index (χ0) is 18.7. The topological polar surface area (TPSA) is 58.6 Å². The second-order valence-electron chi connectivity index (χ2n) is 5.93. The number of nitrogens with zero attached hydrogens (tertiary/aromatic N) is 1. The zero-order valence-electron chi connectivity index (χ0n) is 14.2. The van der Waals surface area contributed by atoms with E-state index in [2.05, 4.69) is 5.32 Å². The minimum Gasteiger partial charge on any atom is -0.383 e. The van der Waals surface area contributed by atoms with E-state index in [1.807, 2.05) is 0 Å². The summed E-state index contributed by atoms with van der Waals surface area (Å²) < 4.78 is 32.5. The third-order valence-corrected chi connectivity index (χ3v) is 4.25. The van der Waals surface area contributed by atoms with Gasteiger partial charge in [-0.25, -0.2) is 8.78 Å². The monoisotopic (exact) mass is 360 g/mol. The van der Waals surface area contributed by atoms with Gasteiger partial charge in [0.1, 0.15) is 17.2 Å². The second-order valence-corrected chi connectivity index (χ2v) is 5.93. The average molecular weight is 360 g/mol. The molecule has 0 aromatic heterocycles. The Morgan fingerprint density at radius 1 is 1.19 bits per heavy atom. The summed E-state index contributed by atoms with van der Waals surface area (Å²) in [4.78, 5) is 26.0. The minimum atomic E-state index is -0.920. The molecule has 0 radical (unpaired) electrons. The maximum Gasteiger partial charge on any atom is 0.261 e. The van der Waals surface area contributed by atoms with Crippen molar-refractivity contribution in [3.8, 4) is 0 Å². The van der Waals surface area contributed by atoms with E-state index in [1.165, 1.54) is 6.07 Å². The summed E-state index contributed by atoms with van der Waals surface area (Å²) in [6.07, 6.45) is 0.894. The van der Waals surface area contributed by atoms with Crippen LogP contribution in [0.15, 0.2) is 36.4 Å². The van der Waals surface area contributed by atoms with Gasteiger partial charge in [-0.2, -0.15) is 0 Å². The molecule has 26 heavy (non-hydrogen) atoms. The van der Waals surface area contributed by atoms with Crippen LogP contribution in [-0.4, -0.2) is 32.1 Å². The molecule has 0 unspecified atom stereocenters. The van der Waals surface area contributed by atoms with Gasteiger partial charge in [0.25, 0.3) is 5.91 Å². The largest absolute Gasteiger partial charge is 0.383 e. The number of aryl methyl sites for hydroxylation is 1. The smallest absolute Gasteiger partial charge is 0.261 e. The van der Waals surface area contributed by atoms with Crippen molar-refractivity contribution in [2.75, 3.05) is 30.5 Å². The number of halogens is 2. The molecule has 3 rings (SSSR count). The molecule has 0 atom stereocenters. The molecular formula is C19H18F2N2O3. The summed E-state index contributed by atoms with van der Waals surface area (Å²) in [6.45, 7) is 0.852. The number of hydrogen-bond donors (Lipinski definition) is 1. The van der Waals surface area contributed by atoms with Gasteiger partial charge < -0.3 is 15.0 Å². The highest BCUT2D eigenvalue weighted by Crippen LogP contribution is 2.30. The molecule has 1 aliphatic rings. The van der Waals surface area contributed by atoms with Crippen molar-refractivity contribution >= 4 is 23.2 Å². The Bertz CT molecular complexity index is 834. The normalized spacial score (nSPS) is 13.5. The lowest BCUT2D eigenvalue weighted by atomic mass is 10.00. The summed E-state index contributed by atoms with van der Waals surface area (Å²) in [5.41, 5.74) is 1.43. The van der Waals surface area contributed by atoms with E-state index in [-0.39, 0.29) is 5.91 Å². The number of rotatable bonds is 5. The first-order valence-electron chi connectivity index (χ1n) is 8.19. The second kappa shape index (κ2) is 7.61. The van der Waals surface area contributed by atoms with Crippen molar-refractivity contribution in [1.82, 2.24) is 0 Å². The van der Waals surface area contributed by atoms with Gasteiger partial charge in [-0.15, -0.1) is 0 Å². The van der Waals surface area contributed by atoms with E-state index in [0.29, 0.717) is 31.7 Å². The molecule has 2 amide bonds. The molecule has 5 nitrogen and oxygen atoms in total. The lowest BCUT2D eigenvalue weighted by Gasteiger charge is -2.29. The first kappa shape index (κ1) is 18.0. The minimum absolute atomic E-state index is 0.0137. The Hall–Kier alpha value is -2.80. The summed E-state index contributed by atoms with van der Waals surface area (Å²) in [5.74, 6) is -2.68. The van der Waals surface area contributed by atoms with Crippen molar-refractivity contribution in [1.29, 1.82) is 0 Å².